The van der Waals surface area contributed by atoms with Gasteiger partial charge in [0.2, 0.25) is 0 Å². The van der Waals surface area contributed by atoms with Crippen LogP contribution in [0.4, 0.5) is 0 Å². The van der Waals surface area contributed by atoms with Crippen molar-refractivity contribution in [2.75, 3.05) is 26.9 Å². The van der Waals surface area contributed by atoms with Crippen molar-refractivity contribution >= 4 is 11.3 Å². The predicted octanol–water partition coefficient (Wildman–Crippen LogP) is 1.79. The zero-order valence-electron chi connectivity index (χ0n) is 11.6. The fourth-order valence-corrected chi connectivity index (χ4v) is 3.53. The van der Waals surface area contributed by atoms with Gasteiger partial charge >= 0.3 is 0 Å². The lowest BCUT2D eigenvalue weighted by Gasteiger charge is -2.35. The van der Waals surface area contributed by atoms with Gasteiger partial charge in [0.25, 0.3) is 0 Å². The zero-order valence-corrected chi connectivity index (χ0v) is 12.4. The first kappa shape index (κ1) is 14.9. The molecule has 19 heavy (non-hydrogen) atoms. The molecular weight excluding hydrogens is 264 g/mol. The van der Waals surface area contributed by atoms with Gasteiger partial charge in [0.15, 0.2) is 0 Å². The molecule has 2 N–H and O–H groups in total. The zero-order chi connectivity index (χ0) is 13.7. The summed E-state index contributed by atoms with van der Waals surface area (Å²) in [4.78, 5) is 5.80. The van der Waals surface area contributed by atoms with E-state index in [1.54, 1.807) is 18.4 Å². The molecule has 0 spiro atoms. The van der Waals surface area contributed by atoms with Crippen molar-refractivity contribution in [3.05, 3.63) is 15.6 Å². The van der Waals surface area contributed by atoms with E-state index in [-0.39, 0.29) is 5.60 Å². The minimum Gasteiger partial charge on any atom is -0.381 e. The molecule has 0 aliphatic carbocycles. The third-order valence-electron chi connectivity index (χ3n) is 3.36. The SMILES string of the molecule is CCOC1(c2nc(COC)c(CN)s2)CCOCC1. The average Bonchev–Trinajstić information content (AvgIpc) is 2.84. The first-order valence-corrected chi connectivity index (χ1v) is 7.47. The van der Waals surface area contributed by atoms with Crippen LogP contribution in [-0.4, -0.2) is 31.9 Å². The lowest BCUT2D eigenvalue weighted by atomic mass is 9.95. The molecule has 1 saturated heterocycles. The van der Waals surface area contributed by atoms with Gasteiger partial charge in [0.05, 0.1) is 12.3 Å². The van der Waals surface area contributed by atoms with Gasteiger partial charge in [-0.25, -0.2) is 4.98 Å². The topological polar surface area (TPSA) is 66.6 Å². The Kier molecular flexibility index (Phi) is 5.29. The first-order chi connectivity index (χ1) is 9.25. The molecule has 1 aliphatic rings. The number of methoxy groups -OCH3 is 1. The predicted molar refractivity (Wildman–Crippen MR) is 74.1 cm³/mol. The number of aromatic nitrogens is 1. The van der Waals surface area contributed by atoms with E-state index in [0.29, 0.717) is 19.8 Å². The van der Waals surface area contributed by atoms with Crippen LogP contribution in [-0.2, 0) is 33.0 Å². The van der Waals surface area contributed by atoms with Crippen molar-refractivity contribution in [2.45, 2.75) is 38.5 Å². The molecule has 0 unspecified atom stereocenters. The average molecular weight is 286 g/mol. The van der Waals surface area contributed by atoms with Crippen LogP contribution in [0.2, 0.25) is 0 Å². The first-order valence-electron chi connectivity index (χ1n) is 6.65. The molecule has 5 nitrogen and oxygen atoms in total. The largest absolute Gasteiger partial charge is 0.381 e. The number of rotatable bonds is 6. The Bertz CT molecular complexity index is 397. The van der Waals surface area contributed by atoms with Gasteiger partial charge in [-0.15, -0.1) is 11.3 Å². The van der Waals surface area contributed by atoms with E-state index >= 15 is 0 Å². The molecule has 108 valence electrons. The highest BCUT2D eigenvalue weighted by Crippen LogP contribution is 2.39. The summed E-state index contributed by atoms with van der Waals surface area (Å²) in [6.07, 6.45) is 1.70. The highest BCUT2D eigenvalue weighted by Gasteiger charge is 2.38. The smallest absolute Gasteiger partial charge is 0.125 e. The summed E-state index contributed by atoms with van der Waals surface area (Å²) < 4.78 is 16.7. The van der Waals surface area contributed by atoms with Gasteiger partial charge in [-0.3, -0.25) is 0 Å². The van der Waals surface area contributed by atoms with E-state index < -0.39 is 0 Å². The van der Waals surface area contributed by atoms with E-state index in [4.69, 9.17) is 24.9 Å². The minimum atomic E-state index is -0.298. The van der Waals surface area contributed by atoms with Crippen LogP contribution in [0.1, 0.15) is 35.3 Å². The Morgan fingerprint density at radius 2 is 2.16 bits per heavy atom. The molecule has 0 saturated carbocycles. The van der Waals surface area contributed by atoms with E-state index in [9.17, 15) is 0 Å². The van der Waals surface area contributed by atoms with Crippen LogP contribution in [0.15, 0.2) is 0 Å². The van der Waals surface area contributed by atoms with Crippen LogP contribution in [0, 0.1) is 0 Å². The lowest BCUT2D eigenvalue weighted by molar-refractivity contribution is -0.113. The fourth-order valence-electron chi connectivity index (χ4n) is 2.38. The van der Waals surface area contributed by atoms with Crippen molar-refractivity contribution in [3.8, 4) is 0 Å². The summed E-state index contributed by atoms with van der Waals surface area (Å²) in [5.41, 5.74) is 6.43. The normalized spacial score (nSPS) is 18.7. The van der Waals surface area contributed by atoms with Crippen LogP contribution in [0.5, 0.6) is 0 Å². The van der Waals surface area contributed by atoms with Crippen molar-refractivity contribution in [1.82, 2.24) is 4.98 Å². The number of ether oxygens (including phenoxy) is 3. The summed E-state index contributed by atoms with van der Waals surface area (Å²) in [6, 6.07) is 0. The fraction of sp³-hybridized carbons (Fsp3) is 0.769. The minimum absolute atomic E-state index is 0.298. The summed E-state index contributed by atoms with van der Waals surface area (Å²) in [5, 5.41) is 1.02. The van der Waals surface area contributed by atoms with Crippen molar-refractivity contribution < 1.29 is 14.2 Å². The number of nitrogens with zero attached hydrogens (tertiary/aromatic N) is 1. The maximum atomic E-state index is 6.03. The molecule has 1 aliphatic heterocycles. The van der Waals surface area contributed by atoms with Crippen molar-refractivity contribution in [2.24, 2.45) is 5.73 Å². The molecule has 0 amide bonds. The molecule has 1 aromatic rings. The third-order valence-corrected chi connectivity index (χ3v) is 4.66. The third kappa shape index (κ3) is 3.14. The van der Waals surface area contributed by atoms with Gasteiger partial charge in [0, 0.05) is 51.2 Å². The number of hydrogen-bond acceptors (Lipinski definition) is 6. The van der Waals surface area contributed by atoms with E-state index in [0.717, 1.165) is 41.6 Å². The molecule has 0 atom stereocenters. The number of thiazole rings is 1. The Labute approximate surface area is 118 Å². The van der Waals surface area contributed by atoms with Gasteiger partial charge in [-0.1, -0.05) is 0 Å². The molecule has 2 heterocycles. The quantitative estimate of drug-likeness (QED) is 0.863. The molecule has 0 aromatic carbocycles. The molecular formula is C13H22N2O3S. The molecule has 6 heteroatoms. The number of hydrogen-bond donors (Lipinski definition) is 1. The molecule has 0 radical (unpaired) electrons. The highest BCUT2D eigenvalue weighted by atomic mass is 32.1. The van der Waals surface area contributed by atoms with Crippen LogP contribution < -0.4 is 5.73 Å². The Morgan fingerprint density at radius 3 is 2.74 bits per heavy atom. The second-order valence-electron chi connectivity index (χ2n) is 4.57. The van der Waals surface area contributed by atoms with Crippen LogP contribution >= 0.6 is 11.3 Å². The van der Waals surface area contributed by atoms with Crippen molar-refractivity contribution in [1.29, 1.82) is 0 Å². The van der Waals surface area contributed by atoms with E-state index in [1.165, 1.54) is 0 Å². The molecule has 0 bridgehead atoms. The van der Waals surface area contributed by atoms with Crippen LogP contribution in [0.25, 0.3) is 0 Å². The lowest BCUT2D eigenvalue weighted by Crippen LogP contribution is -2.36. The molecule has 1 fully saturated rings. The molecule has 2 rings (SSSR count). The maximum absolute atomic E-state index is 6.03. The summed E-state index contributed by atoms with van der Waals surface area (Å²) >= 11 is 1.65. The van der Waals surface area contributed by atoms with Crippen LogP contribution in [0.3, 0.4) is 0 Å². The van der Waals surface area contributed by atoms with Gasteiger partial charge < -0.3 is 19.9 Å². The van der Waals surface area contributed by atoms with Gasteiger partial charge in [-0.05, 0) is 6.92 Å². The van der Waals surface area contributed by atoms with Crippen molar-refractivity contribution in [3.63, 3.8) is 0 Å². The summed E-state index contributed by atoms with van der Waals surface area (Å²) in [5.74, 6) is 0. The summed E-state index contributed by atoms with van der Waals surface area (Å²) in [6.45, 7) is 5.13. The maximum Gasteiger partial charge on any atom is 0.125 e. The van der Waals surface area contributed by atoms with Gasteiger partial charge in [-0.2, -0.15) is 0 Å². The Hall–Kier alpha value is -0.530. The second kappa shape index (κ2) is 6.76. The standard InChI is InChI=1S/C13H22N2O3S/c1-3-18-13(4-6-17-7-5-13)12-15-10(9-16-2)11(8-14)19-12/h3-9,14H2,1-2H3. The second-order valence-corrected chi connectivity index (χ2v) is 5.65. The number of nitrogens with two attached hydrogens (primary N) is 1. The highest BCUT2D eigenvalue weighted by molar-refractivity contribution is 7.11. The van der Waals surface area contributed by atoms with E-state index in [2.05, 4.69) is 0 Å². The van der Waals surface area contributed by atoms with Gasteiger partial charge in [0.1, 0.15) is 10.6 Å². The van der Waals surface area contributed by atoms with E-state index in [1.807, 2.05) is 6.92 Å². The Morgan fingerprint density at radius 1 is 1.42 bits per heavy atom. The monoisotopic (exact) mass is 286 g/mol. The summed E-state index contributed by atoms with van der Waals surface area (Å²) in [7, 11) is 1.67. The molecule has 1 aromatic heterocycles. The Balaban J connectivity index is 2.30.